The molecule has 13 heavy (non-hydrogen) atoms. The van der Waals surface area contributed by atoms with Gasteiger partial charge in [-0.05, 0) is 12.1 Å². The van der Waals surface area contributed by atoms with Gasteiger partial charge in [0.2, 0.25) is 0 Å². The Morgan fingerprint density at radius 1 is 1.31 bits per heavy atom. The minimum absolute atomic E-state index is 0.318. The van der Waals surface area contributed by atoms with Crippen molar-refractivity contribution in [1.29, 1.82) is 0 Å². The highest BCUT2D eigenvalue weighted by Crippen LogP contribution is 2.07. The zero-order valence-electron chi connectivity index (χ0n) is 6.49. The van der Waals surface area contributed by atoms with Gasteiger partial charge >= 0.3 is 12.1 Å². The molecular weight excluding hydrogens is 177 g/mol. The van der Waals surface area contributed by atoms with Crippen molar-refractivity contribution in [2.24, 2.45) is 5.73 Å². The lowest BCUT2D eigenvalue weighted by molar-refractivity contribution is 0.0633. The van der Waals surface area contributed by atoms with Crippen molar-refractivity contribution in [2.75, 3.05) is 0 Å². The molecule has 2 N–H and O–H groups in total. The molecule has 0 radical (unpaired) electrons. The third kappa shape index (κ3) is 2.26. The summed E-state index contributed by atoms with van der Waals surface area (Å²) in [7, 11) is 0. The molecule has 0 heterocycles. The van der Waals surface area contributed by atoms with Crippen LogP contribution in [0.3, 0.4) is 0 Å². The van der Waals surface area contributed by atoms with Crippen LogP contribution < -0.4 is 5.73 Å². The number of carbonyl (C=O) groups is 2. The summed E-state index contributed by atoms with van der Waals surface area (Å²) in [6.07, 6.45) is -1.26. The third-order valence-electron chi connectivity index (χ3n) is 1.29. The second-order valence-electron chi connectivity index (χ2n) is 2.19. The van der Waals surface area contributed by atoms with Gasteiger partial charge < -0.3 is 10.5 Å². The van der Waals surface area contributed by atoms with Crippen LogP contribution in [-0.4, -0.2) is 12.1 Å². The molecule has 0 aliphatic heterocycles. The summed E-state index contributed by atoms with van der Waals surface area (Å²) in [5, 5.41) is 0. The maximum atomic E-state index is 12.8. The van der Waals surface area contributed by atoms with Crippen LogP contribution in [0.15, 0.2) is 24.3 Å². The fourth-order valence-electron chi connectivity index (χ4n) is 0.773. The molecule has 1 aromatic carbocycles. The van der Waals surface area contributed by atoms with Crippen LogP contribution in [0.5, 0.6) is 0 Å². The number of primary amides is 1. The monoisotopic (exact) mass is 183 g/mol. The number of nitrogens with two attached hydrogens (primary N) is 1. The van der Waals surface area contributed by atoms with Crippen LogP contribution in [0.4, 0.5) is 9.18 Å². The van der Waals surface area contributed by atoms with Crippen molar-refractivity contribution < 1.29 is 18.7 Å². The first-order valence-corrected chi connectivity index (χ1v) is 3.37. The van der Waals surface area contributed by atoms with E-state index in [2.05, 4.69) is 10.5 Å². The van der Waals surface area contributed by atoms with E-state index in [1.807, 2.05) is 0 Å². The van der Waals surface area contributed by atoms with Gasteiger partial charge in [0.05, 0.1) is 5.56 Å². The first kappa shape index (κ1) is 9.18. The van der Waals surface area contributed by atoms with E-state index in [1.54, 1.807) is 0 Å². The molecule has 5 heteroatoms. The van der Waals surface area contributed by atoms with Crippen LogP contribution >= 0.6 is 0 Å². The Bertz CT molecular complexity index is 351. The Morgan fingerprint density at radius 3 is 2.46 bits per heavy atom. The Balaban J connectivity index is 2.89. The Labute approximate surface area is 73.1 Å². The van der Waals surface area contributed by atoms with Crippen molar-refractivity contribution in [3.05, 3.63) is 35.6 Å². The smallest absolute Gasteiger partial charge is 0.373 e. The fraction of sp³-hybridized carbons (Fsp3) is 0. The molecule has 68 valence electrons. The molecule has 0 aliphatic carbocycles. The molecule has 1 aromatic rings. The molecule has 0 aliphatic rings. The highest BCUT2D eigenvalue weighted by molar-refractivity contribution is 5.96. The van der Waals surface area contributed by atoms with E-state index in [-0.39, 0.29) is 5.56 Å². The number of esters is 1. The fourth-order valence-corrected chi connectivity index (χ4v) is 0.773. The van der Waals surface area contributed by atoms with Gasteiger partial charge in [-0.2, -0.15) is 0 Å². The Kier molecular flexibility index (Phi) is 2.59. The number of amides is 1. The second kappa shape index (κ2) is 3.66. The number of halogens is 1. The lowest BCUT2D eigenvalue weighted by Crippen LogP contribution is -2.19. The summed E-state index contributed by atoms with van der Waals surface area (Å²) < 4.78 is 16.8. The zero-order valence-corrected chi connectivity index (χ0v) is 6.49. The molecule has 0 bridgehead atoms. The van der Waals surface area contributed by atoms with Gasteiger partial charge in [-0.3, -0.25) is 0 Å². The summed E-state index contributed by atoms with van der Waals surface area (Å²) in [6.45, 7) is 0. The first-order valence-electron chi connectivity index (χ1n) is 3.37. The van der Waals surface area contributed by atoms with E-state index < -0.39 is 17.9 Å². The van der Waals surface area contributed by atoms with Gasteiger partial charge in [0.1, 0.15) is 5.82 Å². The number of ether oxygens (including phenoxy) is 1. The van der Waals surface area contributed by atoms with E-state index in [9.17, 15) is 14.0 Å². The topological polar surface area (TPSA) is 69.4 Å². The Morgan fingerprint density at radius 2 is 1.92 bits per heavy atom. The SMILES string of the molecule is NC(=O)OC(=O)c1ccccc1F. The Hall–Kier alpha value is -1.91. The van der Waals surface area contributed by atoms with E-state index in [0.717, 1.165) is 6.07 Å². The van der Waals surface area contributed by atoms with Gasteiger partial charge in [0.15, 0.2) is 0 Å². The average Bonchev–Trinajstić information content (AvgIpc) is 2.03. The normalized spacial score (nSPS) is 9.31. The lowest BCUT2D eigenvalue weighted by Gasteiger charge is -1.99. The van der Waals surface area contributed by atoms with Crippen molar-refractivity contribution in [3.8, 4) is 0 Å². The summed E-state index contributed by atoms with van der Waals surface area (Å²) in [5.41, 5.74) is 4.26. The van der Waals surface area contributed by atoms with Gasteiger partial charge in [-0.15, -0.1) is 0 Å². The van der Waals surface area contributed by atoms with E-state index >= 15 is 0 Å². The maximum Gasteiger partial charge on any atom is 0.412 e. The van der Waals surface area contributed by atoms with Crippen molar-refractivity contribution in [3.63, 3.8) is 0 Å². The van der Waals surface area contributed by atoms with E-state index in [4.69, 9.17) is 0 Å². The second-order valence-corrected chi connectivity index (χ2v) is 2.19. The van der Waals surface area contributed by atoms with Crippen LogP contribution in [0, 0.1) is 5.82 Å². The molecule has 1 amide bonds. The molecule has 0 saturated heterocycles. The summed E-state index contributed by atoms with van der Waals surface area (Å²) >= 11 is 0. The van der Waals surface area contributed by atoms with Crippen LogP contribution in [-0.2, 0) is 4.74 Å². The van der Waals surface area contributed by atoms with Gasteiger partial charge in [-0.25, -0.2) is 14.0 Å². The molecule has 0 unspecified atom stereocenters. The van der Waals surface area contributed by atoms with Crippen LogP contribution in [0.1, 0.15) is 10.4 Å². The minimum atomic E-state index is -1.26. The lowest BCUT2D eigenvalue weighted by atomic mass is 10.2. The standard InChI is InChI=1S/C8H6FNO3/c9-6-4-2-1-3-5(6)7(11)13-8(10)12/h1-4H,(H2,10,12). The van der Waals surface area contributed by atoms with Crippen molar-refractivity contribution >= 4 is 12.1 Å². The number of rotatable bonds is 1. The largest absolute Gasteiger partial charge is 0.412 e. The molecule has 0 saturated carbocycles. The van der Waals surface area contributed by atoms with Crippen molar-refractivity contribution in [1.82, 2.24) is 0 Å². The van der Waals surface area contributed by atoms with Gasteiger partial charge in [-0.1, -0.05) is 12.1 Å². The highest BCUT2D eigenvalue weighted by Gasteiger charge is 2.13. The average molecular weight is 183 g/mol. The predicted molar refractivity (Wildman–Crippen MR) is 41.4 cm³/mol. The summed E-state index contributed by atoms with van der Waals surface area (Å²) in [5.74, 6) is -1.85. The summed E-state index contributed by atoms with van der Waals surface area (Å²) in [4.78, 5) is 21.1. The number of carbonyl (C=O) groups excluding carboxylic acids is 2. The predicted octanol–water partition coefficient (Wildman–Crippen LogP) is 1.06. The molecule has 0 fully saturated rings. The number of hydrogen-bond donors (Lipinski definition) is 1. The molecule has 1 rings (SSSR count). The molecular formula is C8H6FNO3. The first-order chi connectivity index (χ1) is 6.11. The maximum absolute atomic E-state index is 12.8. The minimum Gasteiger partial charge on any atom is -0.373 e. The van der Waals surface area contributed by atoms with Crippen LogP contribution in [0.25, 0.3) is 0 Å². The third-order valence-corrected chi connectivity index (χ3v) is 1.29. The molecule has 0 aromatic heterocycles. The molecule has 0 spiro atoms. The van der Waals surface area contributed by atoms with Crippen LogP contribution in [0.2, 0.25) is 0 Å². The van der Waals surface area contributed by atoms with E-state index in [1.165, 1.54) is 18.2 Å². The molecule has 0 atom stereocenters. The highest BCUT2D eigenvalue weighted by atomic mass is 19.1. The van der Waals surface area contributed by atoms with Crippen molar-refractivity contribution in [2.45, 2.75) is 0 Å². The summed E-state index contributed by atoms with van der Waals surface area (Å²) in [6, 6.07) is 5.13. The number of hydrogen-bond acceptors (Lipinski definition) is 3. The zero-order chi connectivity index (χ0) is 9.84. The van der Waals surface area contributed by atoms with Gasteiger partial charge in [0.25, 0.3) is 0 Å². The molecule has 4 nitrogen and oxygen atoms in total. The van der Waals surface area contributed by atoms with Gasteiger partial charge in [0, 0.05) is 0 Å². The quantitative estimate of drug-likeness (QED) is 0.522. The van der Waals surface area contributed by atoms with E-state index in [0.29, 0.717) is 0 Å². The number of benzene rings is 1.